The molecule has 1 aliphatic rings. The summed E-state index contributed by atoms with van der Waals surface area (Å²) in [7, 11) is 3.12. The van der Waals surface area contributed by atoms with Gasteiger partial charge < -0.3 is 14.8 Å². The molecular weight excluding hydrogens is 493 g/mol. The molecule has 5 nitrogen and oxygen atoms in total. The Morgan fingerprint density at radius 1 is 0.921 bits per heavy atom. The molecule has 0 heterocycles. The lowest BCUT2D eigenvalue weighted by Crippen LogP contribution is -2.40. The van der Waals surface area contributed by atoms with E-state index in [4.69, 9.17) is 9.47 Å². The topological polar surface area (TPSA) is 59.6 Å². The van der Waals surface area contributed by atoms with Crippen molar-refractivity contribution in [3.63, 3.8) is 0 Å². The van der Waals surface area contributed by atoms with E-state index in [2.05, 4.69) is 10.6 Å². The minimum Gasteiger partial charge on any atom is -0.493 e. The van der Waals surface area contributed by atoms with Gasteiger partial charge in [-0.2, -0.15) is 13.2 Å². The van der Waals surface area contributed by atoms with Crippen LogP contribution in [0.5, 0.6) is 11.5 Å². The van der Waals surface area contributed by atoms with Gasteiger partial charge in [0.15, 0.2) is 11.5 Å². The first-order valence-electron chi connectivity index (χ1n) is 12.7. The number of amides is 1. The van der Waals surface area contributed by atoms with E-state index in [0.717, 1.165) is 41.7 Å². The van der Waals surface area contributed by atoms with Crippen LogP contribution in [-0.4, -0.2) is 26.7 Å². The van der Waals surface area contributed by atoms with Crippen LogP contribution in [0.4, 0.5) is 13.2 Å². The van der Waals surface area contributed by atoms with Crippen LogP contribution in [0.3, 0.4) is 0 Å². The molecule has 3 aromatic rings. The molecule has 202 valence electrons. The standard InChI is InChI=1S/C30H33F3N2O3/c1-37-26-17-13-23(18-27(26)38-2)25(16-12-20-10-14-24(15-11-20)30(31,32)33)35-28(22-6-4-3-5-7-22)29(36)34-19-21-8-9-21/h3-7,10-11,13-15,17-18,21,25,28,35H,8-9,12,16,19H2,1-2H3,(H,34,36)/t25-,28-/m1/s1. The number of aryl methyl sites for hydroxylation is 1. The van der Waals surface area contributed by atoms with E-state index in [0.29, 0.717) is 36.8 Å². The average Bonchev–Trinajstić information content (AvgIpc) is 3.76. The lowest BCUT2D eigenvalue weighted by Gasteiger charge is -2.27. The monoisotopic (exact) mass is 526 g/mol. The highest BCUT2D eigenvalue weighted by Gasteiger charge is 2.30. The molecule has 0 radical (unpaired) electrons. The van der Waals surface area contributed by atoms with Crippen molar-refractivity contribution in [1.29, 1.82) is 0 Å². The summed E-state index contributed by atoms with van der Waals surface area (Å²) in [6.07, 6.45) is -1.06. The van der Waals surface area contributed by atoms with Gasteiger partial charge in [0.25, 0.3) is 0 Å². The molecule has 0 bridgehead atoms. The largest absolute Gasteiger partial charge is 0.493 e. The highest BCUT2D eigenvalue weighted by molar-refractivity contribution is 5.83. The van der Waals surface area contributed by atoms with Gasteiger partial charge in [0.05, 0.1) is 19.8 Å². The van der Waals surface area contributed by atoms with Crippen molar-refractivity contribution in [2.24, 2.45) is 5.92 Å². The molecule has 3 aromatic carbocycles. The number of rotatable bonds is 12. The Balaban J connectivity index is 1.60. The summed E-state index contributed by atoms with van der Waals surface area (Å²) in [4.78, 5) is 13.3. The Bertz CT molecular complexity index is 1200. The van der Waals surface area contributed by atoms with Crippen LogP contribution in [0.1, 0.15) is 53.6 Å². The molecule has 1 saturated carbocycles. The van der Waals surface area contributed by atoms with E-state index in [-0.39, 0.29) is 11.9 Å². The molecule has 8 heteroatoms. The second-order valence-corrected chi connectivity index (χ2v) is 9.60. The summed E-state index contributed by atoms with van der Waals surface area (Å²) in [6, 6.07) is 19.4. The number of alkyl halides is 3. The van der Waals surface area contributed by atoms with E-state index < -0.39 is 17.8 Å². The summed E-state index contributed by atoms with van der Waals surface area (Å²) >= 11 is 0. The smallest absolute Gasteiger partial charge is 0.416 e. The maximum absolute atomic E-state index is 13.3. The fraction of sp³-hybridized carbons (Fsp3) is 0.367. The Morgan fingerprint density at radius 2 is 1.61 bits per heavy atom. The van der Waals surface area contributed by atoms with Crippen molar-refractivity contribution in [1.82, 2.24) is 10.6 Å². The lowest BCUT2D eigenvalue weighted by atomic mass is 9.95. The number of carbonyl (C=O) groups is 1. The number of nitrogens with one attached hydrogen (secondary N) is 2. The molecule has 0 spiro atoms. The Kier molecular flexibility index (Phi) is 8.94. The van der Waals surface area contributed by atoms with Gasteiger partial charge in [-0.15, -0.1) is 0 Å². The third-order valence-corrected chi connectivity index (χ3v) is 6.84. The number of halogens is 3. The molecule has 0 saturated heterocycles. The van der Waals surface area contributed by atoms with E-state index >= 15 is 0 Å². The van der Waals surface area contributed by atoms with Crippen molar-refractivity contribution in [2.75, 3.05) is 20.8 Å². The van der Waals surface area contributed by atoms with Gasteiger partial charge in [0, 0.05) is 12.6 Å². The van der Waals surface area contributed by atoms with Gasteiger partial charge >= 0.3 is 6.18 Å². The summed E-state index contributed by atoms with van der Waals surface area (Å²) < 4.78 is 49.9. The maximum atomic E-state index is 13.3. The summed E-state index contributed by atoms with van der Waals surface area (Å²) in [5.74, 6) is 1.57. The Morgan fingerprint density at radius 3 is 2.21 bits per heavy atom. The van der Waals surface area contributed by atoms with Crippen molar-refractivity contribution in [3.05, 3.63) is 95.1 Å². The average molecular weight is 527 g/mol. The lowest BCUT2D eigenvalue weighted by molar-refractivity contribution is -0.137. The van der Waals surface area contributed by atoms with Crippen LogP contribution in [0, 0.1) is 5.92 Å². The zero-order valence-corrected chi connectivity index (χ0v) is 21.6. The van der Waals surface area contributed by atoms with E-state index in [1.165, 1.54) is 12.1 Å². The predicted octanol–water partition coefficient (Wildman–Crippen LogP) is 6.25. The molecule has 38 heavy (non-hydrogen) atoms. The first kappa shape index (κ1) is 27.5. The SMILES string of the molecule is COc1ccc([C@@H](CCc2ccc(C(F)(F)F)cc2)N[C@@H](C(=O)NCC2CC2)c2ccccc2)cc1OC. The quantitative estimate of drug-likeness (QED) is 0.293. The zero-order valence-electron chi connectivity index (χ0n) is 21.6. The molecule has 2 N–H and O–H groups in total. The first-order valence-corrected chi connectivity index (χ1v) is 12.7. The fourth-order valence-corrected chi connectivity index (χ4v) is 4.43. The minimum atomic E-state index is -4.38. The van der Waals surface area contributed by atoms with Crippen molar-refractivity contribution < 1.29 is 27.4 Å². The van der Waals surface area contributed by atoms with E-state index in [1.807, 2.05) is 48.5 Å². The van der Waals surface area contributed by atoms with Crippen LogP contribution >= 0.6 is 0 Å². The number of hydrogen-bond donors (Lipinski definition) is 2. The number of benzene rings is 3. The van der Waals surface area contributed by atoms with Crippen LogP contribution in [0.25, 0.3) is 0 Å². The second kappa shape index (κ2) is 12.3. The van der Waals surface area contributed by atoms with Gasteiger partial charge in [0.1, 0.15) is 6.04 Å². The zero-order chi connectivity index (χ0) is 27.1. The molecule has 0 aliphatic heterocycles. The molecular formula is C30H33F3N2O3. The van der Waals surface area contributed by atoms with Gasteiger partial charge in [0.2, 0.25) is 5.91 Å². The van der Waals surface area contributed by atoms with Gasteiger partial charge in [-0.05, 0) is 72.6 Å². The van der Waals surface area contributed by atoms with Crippen LogP contribution in [-0.2, 0) is 17.4 Å². The van der Waals surface area contributed by atoms with Gasteiger partial charge in [-0.3, -0.25) is 10.1 Å². The minimum absolute atomic E-state index is 0.108. The number of methoxy groups -OCH3 is 2. The van der Waals surface area contributed by atoms with Crippen molar-refractivity contribution >= 4 is 5.91 Å². The van der Waals surface area contributed by atoms with Crippen molar-refractivity contribution in [3.8, 4) is 11.5 Å². The van der Waals surface area contributed by atoms with Gasteiger partial charge in [-0.1, -0.05) is 48.5 Å². The van der Waals surface area contributed by atoms with Crippen molar-refractivity contribution in [2.45, 2.75) is 43.9 Å². The van der Waals surface area contributed by atoms with E-state index in [1.54, 1.807) is 14.2 Å². The van der Waals surface area contributed by atoms with Crippen LogP contribution in [0.2, 0.25) is 0 Å². The molecule has 0 aromatic heterocycles. The molecule has 1 fully saturated rings. The number of hydrogen-bond acceptors (Lipinski definition) is 4. The fourth-order valence-electron chi connectivity index (χ4n) is 4.43. The van der Waals surface area contributed by atoms with E-state index in [9.17, 15) is 18.0 Å². The summed E-state index contributed by atoms with van der Waals surface area (Å²) in [5, 5.41) is 6.62. The highest BCUT2D eigenvalue weighted by atomic mass is 19.4. The molecule has 0 unspecified atom stereocenters. The predicted molar refractivity (Wildman–Crippen MR) is 140 cm³/mol. The van der Waals surface area contributed by atoms with Gasteiger partial charge in [-0.25, -0.2) is 0 Å². The Labute approximate surface area is 221 Å². The van der Waals surface area contributed by atoms with Crippen LogP contribution in [0.15, 0.2) is 72.8 Å². The molecule has 2 atom stereocenters. The molecule has 1 amide bonds. The second-order valence-electron chi connectivity index (χ2n) is 9.60. The first-order chi connectivity index (χ1) is 18.3. The number of carbonyl (C=O) groups excluding carboxylic acids is 1. The maximum Gasteiger partial charge on any atom is 0.416 e. The summed E-state index contributed by atoms with van der Waals surface area (Å²) in [6.45, 7) is 0.649. The third kappa shape index (κ3) is 7.28. The highest BCUT2D eigenvalue weighted by Crippen LogP contribution is 2.34. The number of ether oxygens (including phenoxy) is 2. The normalized spacial score (nSPS) is 15.0. The molecule has 1 aliphatic carbocycles. The third-order valence-electron chi connectivity index (χ3n) is 6.84. The van der Waals surface area contributed by atoms with Crippen LogP contribution < -0.4 is 20.1 Å². The Hall–Kier alpha value is -3.52. The summed E-state index contributed by atoms with van der Waals surface area (Å²) in [5.41, 5.74) is 1.82. The molecule has 4 rings (SSSR count).